The zero-order valence-electron chi connectivity index (χ0n) is 7.19. The molecule has 1 aromatic heterocycles. The fourth-order valence-electron chi connectivity index (χ4n) is 0.809. The molecule has 0 aromatic carbocycles. The van der Waals surface area contributed by atoms with Crippen LogP contribution in [0.5, 0.6) is 0 Å². The van der Waals surface area contributed by atoms with Crippen LogP contribution >= 0.6 is 0 Å². The lowest BCUT2D eigenvalue weighted by molar-refractivity contribution is 0.597. The number of hydrogen-bond donors (Lipinski definition) is 2. The second-order valence-electron chi connectivity index (χ2n) is 2.55. The Morgan fingerprint density at radius 3 is 2.54 bits per heavy atom. The molecule has 1 rings (SSSR count). The maximum absolute atomic E-state index is 11.3. The van der Waals surface area contributed by atoms with Crippen molar-refractivity contribution in [3.05, 3.63) is 12.3 Å². The van der Waals surface area contributed by atoms with Crippen molar-refractivity contribution in [3.8, 4) is 0 Å². The summed E-state index contributed by atoms with van der Waals surface area (Å²) >= 11 is 0. The Bertz CT molecular complexity index is 414. The van der Waals surface area contributed by atoms with E-state index >= 15 is 0 Å². The predicted octanol–water partition coefficient (Wildman–Crippen LogP) is 0.0396. The lowest BCUT2D eigenvalue weighted by Crippen LogP contribution is -2.06. The molecule has 0 saturated carbocycles. The van der Waals surface area contributed by atoms with E-state index < -0.39 is 9.84 Å². The molecule has 0 atom stereocenters. The summed E-state index contributed by atoms with van der Waals surface area (Å²) in [5.41, 5.74) is 11.0. The molecule has 1 heterocycles. The van der Waals surface area contributed by atoms with Gasteiger partial charge >= 0.3 is 0 Å². The van der Waals surface area contributed by atoms with Crippen LogP contribution in [-0.2, 0) is 9.84 Å². The molecule has 0 bridgehead atoms. The molecule has 0 aliphatic heterocycles. The van der Waals surface area contributed by atoms with Gasteiger partial charge in [-0.05, 0) is 6.07 Å². The molecule has 6 heteroatoms. The first kappa shape index (κ1) is 9.79. The summed E-state index contributed by atoms with van der Waals surface area (Å²) in [4.78, 5) is 3.78. The van der Waals surface area contributed by atoms with Gasteiger partial charge < -0.3 is 11.5 Å². The Morgan fingerprint density at radius 2 is 2.08 bits per heavy atom. The maximum atomic E-state index is 11.3. The van der Waals surface area contributed by atoms with Gasteiger partial charge in [0.05, 0.1) is 16.3 Å². The van der Waals surface area contributed by atoms with E-state index in [1.807, 2.05) is 0 Å². The predicted molar refractivity (Wildman–Crippen MR) is 50.8 cm³/mol. The van der Waals surface area contributed by atoms with Crippen molar-refractivity contribution < 1.29 is 8.42 Å². The first-order valence-electron chi connectivity index (χ1n) is 3.71. The number of nitrogens with zero attached hydrogens (tertiary/aromatic N) is 1. The highest BCUT2D eigenvalue weighted by Gasteiger charge is 2.12. The normalized spacial score (nSPS) is 11.5. The van der Waals surface area contributed by atoms with Crippen LogP contribution in [0.25, 0.3) is 0 Å². The van der Waals surface area contributed by atoms with E-state index in [9.17, 15) is 8.42 Å². The van der Waals surface area contributed by atoms with Crippen LogP contribution < -0.4 is 11.5 Å². The zero-order chi connectivity index (χ0) is 10.1. The standard InChI is InChI=1S/C7H11N3O2S/c1-2-13(11,12)5-3-6(8)7(9)10-4-5/h3-4H,2,8H2,1H3,(H2,9,10). The molecule has 0 amide bonds. The Labute approximate surface area is 76.7 Å². The molecule has 0 aliphatic rings. The molecular formula is C7H11N3O2S. The van der Waals surface area contributed by atoms with E-state index in [4.69, 9.17) is 11.5 Å². The highest BCUT2D eigenvalue weighted by Crippen LogP contribution is 2.17. The van der Waals surface area contributed by atoms with Crippen LogP contribution in [0, 0.1) is 0 Å². The van der Waals surface area contributed by atoms with E-state index in [0.717, 1.165) is 0 Å². The van der Waals surface area contributed by atoms with Gasteiger partial charge in [0.2, 0.25) is 0 Å². The summed E-state index contributed by atoms with van der Waals surface area (Å²) in [5, 5.41) is 0. The number of nitrogen functional groups attached to an aromatic ring is 2. The van der Waals surface area contributed by atoms with E-state index in [0.29, 0.717) is 0 Å². The monoisotopic (exact) mass is 201 g/mol. The van der Waals surface area contributed by atoms with Crippen LogP contribution in [0.3, 0.4) is 0 Å². The summed E-state index contributed by atoms with van der Waals surface area (Å²) in [5.74, 6) is 0.174. The van der Waals surface area contributed by atoms with Crippen molar-refractivity contribution in [3.63, 3.8) is 0 Å². The summed E-state index contributed by atoms with van der Waals surface area (Å²) in [6.45, 7) is 1.56. The molecule has 13 heavy (non-hydrogen) atoms. The highest BCUT2D eigenvalue weighted by molar-refractivity contribution is 7.91. The Kier molecular flexibility index (Phi) is 2.42. The second-order valence-corrected chi connectivity index (χ2v) is 4.83. The fraction of sp³-hybridized carbons (Fsp3) is 0.286. The van der Waals surface area contributed by atoms with Crippen LogP contribution in [0.2, 0.25) is 0 Å². The Hall–Kier alpha value is -1.30. The molecular weight excluding hydrogens is 190 g/mol. The van der Waals surface area contributed by atoms with Gasteiger partial charge in [0.15, 0.2) is 9.84 Å². The molecule has 4 N–H and O–H groups in total. The van der Waals surface area contributed by atoms with Gasteiger partial charge in [-0.2, -0.15) is 0 Å². The second kappa shape index (κ2) is 3.21. The molecule has 0 radical (unpaired) electrons. The molecule has 0 saturated heterocycles. The summed E-state index contributed by atoms with van der Waals surface area (Å²) in [6.07, 6.45) is 1.21. The molecule has 0 unspecified atom stereocenters. The third-order valence-corrected chi connectivity index (χ3v) is 3.37. The van der Waals surface area contributed by atoms with Crippen molar-refractivity contribution >= 4 is 21.3 Å². The average molecular weight is 201 g/mol. The van der Waals surface area contributed by atoms with Crippen LogP contribution in [-0.4, -0.2) is 19.2 Å². The van der Waals surface area contributed by atoms with Crippen molar-refractivity contribution in [2.24, 2.45) is 0 Å². The van der Waals surface area contributed by atoms with Gasteiger partial charge in [-0.15, -0.1) is 0 Å². The molecule has 72 valence electrons. The Morgan fingerprint density at radius 1 is 1.46 bits per heavy atom. The molecule has 0 aliphatic carbocycles. The van der Waals surface area contributed by atoms with Crippen molar-refractivity contribution in [1.82, 2.24) is 4.98 Å². The van der Waals surface area contributed by atoms with Gasteiger partial charge in [0.25, 0.3) is 0 Å². The number of hydrogen-bond acceptors (Lipinski definition) is 5. The van der Waals surface area contributed by atoms with Crippen molar-refractivity contribution in [2.75, 3.05) is 17.2 Å². The number of anilines is 2. The van der Waals surface area contributed by atoms with Crippen LogP contribution in [0.1, 0.15) is 6.92 Å². The van der Waals surface area contributed by atoms with E-state index in [-0.39, 0.29) is 22.2 Å². The van der Waals surface area contributed by atoms with E-state index in [1.165, 1.54) is 12.3 Å². The van der Waals surface area contributed by atoms with Crippen LogP contribution in [0.15, 0.2) is 17.2 Å². The van der Waals surface area contributed by atoms with Gasteiger partial charge in [-0.1, -0.05) is 6.92 Å². The molecule has 5 nitrogen and oxygen atoms in total. The lowest BCUT2D eigenvalue weighted by Gasteiger charge is -2.03. The van der Waals surface area contributed by atoms with Gasteiger partial charge in [-0.3, -0.25) is 0 Å². The minimum atomic E-state index is -3.24. The fourth-order valence-corrected chi connectivity index (χ4v) is 1.66. The highest BCUT2D eigenvalue weighted by atomic mass is 32.2. The third kappa shape index (κ3) is 1.89. The summed E-state index contributed by atoms with van der Waals surface area (Å²) < 4.78 is 22.7. The number of nitrogens with two attached hydrogens (primary N) is 2. The minimum Gasteiger partial charge on any atom is -0.396 e. The van der Waals surface area contributed by atoms with E-state index in [2.05, 4.69) is 4.98 Å². The average Bonchev–Trinajstić information content (AvgIpc) is 2.09. The van der Waals surface area contributed by atoms with Gasteiger partial charge in [-0.25, -0.2) is 13.4 Å². The molecule has 0 fully saturated rings. The van der Waals surface area contributed by atoms with Crippen LogP contribution in [0.4, 0.5) is 11.5 Å². The minimum absolute atomic E-state index is 0.0258. The van der Waals surface area contributed by atoms with Gasteiger partial charge in [0.1, 0.15) is 5.82 Å². The van der Waals surface area contributed by atoms with Gasteiger partial charge in [0, 0.05) is 6.20 Å². The third-order valence-electron chi connectivity index (χ3n) is 1.66. The smallest absolute Gasteiger partial charge is 0.179 e. The number of sulfone groups is 1. The Balaban J connectivity index is 3.27. The summed E-state index contributed by atoms with van der Waals surface area (Å²) in [6, 6.07) is 1.32. The lowest BCUT2D eigenvalue weighted by atomic mass is 10.4. The summed E-state index contributed by atoms with van der Waals surface area (Å²) in [7, 11) is -3.24. The SMILES string of the molecule is CCS(=O)(=O)c1cnc(N)c(N)c1. The first-order valence-corrected chi connectivity index (χ1v) is 5.36. The quantitative estimate of drug-likeness (QED) is 0.703. The number of pyridine rings is 1. The zero-order valence-corrected chi connectivity index (χ0v) is 8.00. The van der Waals surface area contributed by atoms with Crippen molar-refractivity contribution in [2.45, 2.75) is 11.8 Å². The van der Waals surface area contributed by atoms with Crippen molar-refractivity contribution in [1.29, 1.82) is 0 Å². The number of aromatic nitrogens is 1. The first-order chi connectivity index (χ1) is 5.97. The maximum Gasteiger partial charge on any atom is 0.179 e. The number of rotatable bonds is 2. The molecule has 1 aromatic rings. The topological polar surface area (TPSA) is 99.1 Å². The largest absolute Gasteiger partial charge is 0.396 e. The molecule has 0 spiro atoms. The van der Waals surface area contributed by atoms with E-state index in [1.54, 1.807) is 6.92 Å².